The third kappa shape index (κ3) is 4.23. The molecule has 0 spiro atoms. The molecule has 0 radical (unpaired) electrons. The molecule has 28 heavy (non-hydrogen) atoms. The third-order valence-corrected chi connectivity index (χ3v) is 6.49. The van der Waals surface area contributed by atoms with E-state index in [2.05, 4.69) is 0 Å². The molecule has 0 aromatic heterocycles. The molecule has 0 aliphatic carbocycles. The molecule has 2 atom stereocenters. The van der Waals surface area contributed by atoms with E-state index in [0.29, 0.717) is 18.5 Å². The molecule has 8 nitrogen and oxygen atoms in total. The number of methoxy groups -OCH3 is 1. The van der Waals surface area contributed by atoms with Gasteiger partial charge in [0.15, 0.2) is 0 Å². The molecule has 1 saturated heterocycles. The van der Waals surface area contributed by atoms with E-state index in [-0.39, 0.29) is 39.9 Å². The number of hydrogen-bond donors (Lipinski definition) is 3. The van der Waals surface area contributed by atoms with Crippen molar-refractivity contribution in [1.82, 2.24) is 4.90 Å². The van der Waals surface area contributed by atoms with Crippen molar-refractivity contribution in [3.8, 4) is 11.5 Å². The molecular formula is C18H25BN2O6S. The lowest BCUT2D eigenvalue weighted by atomic mass is 9.77. The van der Waals surface area contributed by atoms with E-state index in [1.807, 2.05) is 4.90 Å². The van der Waals surface area contributed by atoms with Gasteiger partial charge in [0.2, 0.25) is 5.91 Å². The molecule has 3 rings (SSSR count). The van der Waals surface area contributed by atoms with Crippen molar-refractivity contribution < 1.29 is 29.1 Å². The Bertz CT molecular complexity index is 749. The minimum absolute atomic E-state index is 0.0131. The minimum Gasteiger partial charge on any atom is -0.534 e. The van der Waals surface area contributed by atoms with Gasteiger partial charge in [-0.3, -0.25) is 4.79 Å². The topological polar surface area (TPSA) is 122 Å². The van der Waals surface area contributed by atoms with Gasteiger partial charge in [-0.1, -0.05) is 6.07 Å². The molecule has 2 heterocycles. The second kappa shape index (κ2) is 9.06. The first-order valence-electron chi connectivity index (χ1n) is 9.35. The van der Waals surface area contributed by atoms with E-state index < -0.39 is 13.1 Å². The Morgan fingerprint density at radius 2 is 2.21 bits per heavy atom. The highest BCUT2D eigenvalue weighted by molar-refractivity contribution is 8.01. The summed E-state index contributed by atoms with van der Waals surface area (Å²) in [6.45, 7) is 1.17. The van der Waals surface area contributed by atoms with Gasteiger partial charge in [-0.15, -0.1) is 11.8 Å². The number of carbonyl (C=O) groups is 2. The summed E-state index contributed by atoms with van der Waals surface area (Å²) < 4.78 is 10.6. The molecule has 2 aliphatic rings. The van der Waals surface area contributed by atoms with Crippen LogP contribution in [0.15, 0.2) is 12.1 Å². The van der Waals surface area contributed by atoms with E-state index >= 15 is 0 Å². The third-order valence-electron chi connectivity index (χ3n) is 5.25. The first-order chi connectivity index (χ1) is 13.5. The van der Waals surface area contributed by atoms with Crippen molar-refractivity contribution in [2.45, 2.75) is 36.9 Å². The average molecular weight is 408 g/mol. The largest absolute Gasteiger partial charge is 0.536 e. The van der Waals surface area contributed by atoms with E-state index in [1.165, 1.54) is 18.9 Å². The number of carboxylic acid groups (broad SMARTS) is 1. The van der Waals surface area contributed by atoms with Crippen molar-refractivity contribution >= 4 is 30.8 Å². The predicted molar refractivity (Wildman–Crippen MR) is 107 cm³/mol. The minimum atomic E-state index is -1.21. The van der Waals surface area contributed by atoms with Crippen LogP contribution < -0.4 is 15.1 Å². The number of rotatable bonds is 6. The molecule has 4 N–H and O–H groups in total. The van der Waals surface area contributed by atoms with Crippen LogP contribution in [0.25, 0.3) is 0 Å². The summed E-state index contributed by atoms with van der Waals surface area (Å²) in [5.74, 6) is -0.641. The Labute approximate surface area is 168 Å². The number of likely N-dealkylation sites (tertiary alicyclic amines) is 1. The number of carbonyl (C=O) groups excluding carboxylic acids is 1. The van der Waals surface area contributed by atoms with E-state index in [4.69, 9.17) is 15.1 Å². The first-order valence-corrected chi connectivity index (χ1v) is 10.4. The zero-order valence-electron chi connectivity index (χ0n) is 15.8. The van der Waals surface area contributed by atoms with Crippen molar-refractivity contribution in [2.24, 2.45) is 5.73 Å². The summed E-state index contributed by atoms with van der Waals surface area (Å²) in [7, 11) is 0.176. The lowest BCUT2D eigenvalue weighted by Crippen LogP contribution is -2.49. The maximum Gasteiger partial charge on any atom is 0.536 e. The number of fused-ring (bicyclic) bond motifs is 1. The van der Waals surface area contributed by atoms with Gasteiger partial charge >= 0.3 is 13.1 Å². The second-order valence-electron chi connectivity index (χ2n) is 6.97. The van der Waals surface area contributed by atoms with Crippen LogP contribution in [0.5, 0.6) is 11.5 Å². The normalized spacial score (nSPS) is 21.7. The number of carboxylic acids is 1. The van der Waals surface area contributed by atoms with Crippen LogP contribution >= 0.6 is 11.8 Å². The maximum absolute atomic E-state index is 12.6. The van der Waals surface area contributed by atoms with Crippen LogP contribution in [-0.4, -0.2) is 71.2 Å². The van der Waals surface area contributed by atoms with Gasteiger partial charge in [0.05, 0.1) is 18.0 Å². The molecule has 2 aliphatic heterocycles. The standard InChI is InChI=1S/C18H25BN2O6S/c1-26-13-6-5-11-8-14(19(25)27-17(11)16(13)18(23)24)28-10-15(22)21-7-3-2-4-12(21)9-20/h5-6,12,14,25H,2-4,7-10,20H2,1H3,(H,23,24). The van der Waals surface area contributed by atoms with Gasteiger partial charge < -0.3 is 30.2 Å². The number of nitrogens with two attached hydrogens (primary N) is 1. The molecule has 2 unspecified atom stereocenters. The van der Waals surface area contributed by atoms with Gasteiger partial charge in [0, 0.05) is 19.1 Å². The van der Waals surface area contributed by atoms with Crippen LogP contribution in [0.3, 0.4) is 0 Å². The average Bonchev–Trinajstić information content (AvgIpc) is 2.70. The number of aromatic carboxylic acids is 1. The summed E-state index contributed by atoms with van der Waals surface area (Å²) in [6.07, 6.45) is 3.39. The molecule has 1 amide bonds. The Morgan fingerprint density at radius 3 is 2.89 bits per heavy atom. The summed E-state index contributed by atoms with van der Waals surface area (Å²) >= 11 is 1.32. The fraction of sp³-hybridized carbons (Fsp3) is 0.556. The maximum atomic E-state index is 12.6. The fourth-order valence-electron chi connectivity index (χ4n) is 3.77. The Morgan fingerprint density at radius 1 is 1.43 bits per heavy atom. The van der Waals surface area contributed by atoms with Gasteiger partial charge in [0.25, 0.3) is 0 Å². The van der Waals surface area contributed by atoms with Crippen LogP contribution in [0.4, 0.5) is 0 Å². The van der Waals surface area contributed by atoms with Crippen LogP contribution in [-0.2, 0) is 11.2 Å². The van der Waals surface area contributed by atoms with Crippen LogP contribution in [0.2, 0.25) is 0 Å². The predicted octanol–water partition coefficient (Wildman–Crippen LogP) is 0.790. The highest BCUT2D eigenvalue weighted by Gasteiger charge is 2.39. The van der Waals surface area contributed by atoms with Crippen molar-refractivity contribution in [2.75, 3.05) is 26.0 Å². The quantitative estimate of drug-likeness (QED) is 0.591. The number of amides is 1. The van der Waals surface area contributed by atoms with Crippen molar-refractivity contribution in [3.63, 3.8) is 0 Å². The number of hydrogen-bond acceptors (Lipinski definition) is 7. The first kappa shape index (κ1) is 20.8. The zero-order valence-corrected chi connectivity index (χ0v) is 16.6. The number of benzene rings is 1. The number of thioether (sulfide) groups is 1. The van der Waals surface area contributed by atoms with E-state index in [1.54, 1.807) is 12.1 Å². The Kier molecular flexibility index (Phi) is 6.74. The highest BCUT2D eigenvalue weighted by atomic mass is 32.2. The molecule has 0 saturated carbocycles. The summed E-state index contributed by atoms with van der Waals surface area (Å²) in [5, 5.41) is 19.5. The SMILES string of the molecule is COc1ccc2c(c1C(=O)O)OB(O)C(SCC(=O)N1CCCCC1CN)C2. The monoisotopic (exact) mass is 408 g/mol. The van der Waals surface area contributed by atoms with E-state index in [9.17, 15) is 19.7 Å². The lowest BCUT2D eigenvalue weighted by Gasteiger charge is -2.35. The number of ether oxygens (including phenoxy) is 1. The molecule has 152 valence electrons. The van der Waals surface area contributed by atoms with Crippen molar-refractivity contribution in [3.05, 3.63) is 23.3 Å². The molecule has 1 fully saturated rings. The summed E-state index contributed by atoms with van der Waals surface area (Å²) in [5.41, 5.74) is 6.36. The Balaban J connectivity index is 1.68. The second-order valence-corrected chi connectivity index (χ2v) is 8.20. The van der Waals surface area contributed by atoms with Crippen LogP contribution in [0, 0.1) is 0 Å². The summed E-state index contributed by atoms with van der Waals surface area (Å²) in [4.78, 5) is 26.0. The fourth-order valence-corrected chi connectivity index (χ4v) is 4.81. The molecular weight excluding hydrogens is 383 g/mol. The molecule has 10 heteroatoms. The molecule has 1 aromatic carbocycles. The smallest absolute Gasteiger partial charge is 0.534 e. The number of nitrogens with zero attached hydrogens (tertiary/aromatic N) is 1. The van der Waals surface area contributed by atoms with E-state index in [0.717, 1.165) is 25.8 Å². The number of piperidine rings is 1. The summed E-state index contributed by atoms with van der Waals surface area (Å²) in [6, 6.07) is 3.40. The van der Waals surface area contributed by atoms with Gasteiger partial charge in [0.1, 0.15) is 17.1 Å². The molecule has 1 aromatic rings. The van der Waals surface area contributed by atoms with Gasteiger partial charge in [-0.2, -0.15) is 0 Å². The zero-order chi connectivity index (χ0) is 20.3. The Hall–Kier alpha value is -1.91. The van der Waals surface area contributed by atoms with Crippen LogP contribution in [0.1, 0.15) is 35.2 Å². The lowest BCUT2D eigenvalue weighted by molar-refractivity contribution is -0.131. The van der Waals surface area contributed by atoms with Crippen molar-refractivity contribution in [1.29, 1.82) is 0 Å². The molecule has 0 bridgehead atoms. The highest BCUT2D eigenvalue weighted by Crippen LogP contribution is 2.38. The van der Waals surface area contributed by atoms with Gasteiger partial charge in [-0.25, -0.2) is 4.79 Å². The van der Waals surface area contributed by atoms with Gasteiger partial charge in [-0.05, 0) is 37.3 Å².